The molecule has 1 aliphatic carbocycles. The van der Waals surface area contributed by atoms with E-state index in [4.69, 9.17) is 14.4 Å². The Balaban J connectivity index is 1.22. The summed E-state index contributed by atoms with van der Waals surface area (Å²) in [5, 5.41) is 11.0. The third-order valence-corrected chi connectivity index (χ3v) is 11.2. The van der Waals surface area contributed by atoms with E-state index in [1.807, 2.05) is 24.0 Å². The molecule has 3 aliphatic rings. The van der Waals surface area contributed by atoms with Gasteiger partial charge in [0, 0.05) is 22.7 Å². The fourth-order valence-corrected chi connectivity index (χ4v) is 8.92. The Labute approximate surface area is 287 Å². The Bertz CT molecular complexity index is 2420. The zero-order chi connectivity index (χ0) is 34.3. The molecule has 1 fully saturated rings. The molecule has 2 atom stereocenters. The van der Waals surface area contributed by atoms with Gasteiger partial charge in [0.05, 0.1) is 39.3 Å². The van der Waals surface area contributed by atoms with E-state index in [2.05, 4.69) is 15.5 Å². The number of pyridine rings is 2. The van der Waals surface area contributed by atoms with Gasteiger partial charge in [-0.05, 0) is 104 Å². The van der Waals surface area contributed by atoms with E-state index in [0.29, 0.717) is 71.7 Å². The first-order chi connectivity index (χ1) is 24.2. The van der Waals surface area contributed by atoms with Gasteiger partial charge < -0.3 is 14.6 Å². The maximum atomic E-state index is 14.3. The molecule has 0 spiro atoms. The molecule has 9 rings (SSSR count). The lowest BCUT2D eigenvalue weighted by Crippen LogP contribution is -2.22. The average molecular weight is 695 g/mol. The van der Waals surface area contributed by atoms with Gasteiger partial charge in [0.2, 0.25) is 0 Å². The van der Waals surface area contributed by atoms with Gasteiger partial charge in [-0.3, -0.25) is 9.78 Å². The Morgan fingerprint density at radius 1 is 0.980 bits per heavy atom. The average Bonchev–Trinajstić information content (AvgIpc) is 3.93. The number of nitrogens with zero attached hydrogens (tertiary/aromatic N) is 4. The predicted molar refractivity (Wildman–Crippen MR) is 182 cm³/mol. The first kappa shape index (κ1) is 30.7. The van der Waals surface area contributed by atoms with Gasteiger partial charge in [-0.1, -0.05) is 12.1 Å². The summed E-state index contributed by atoms with van der Waals surface area (Å²) in [4.78, 5) is 39.0. The maximum Gasteiger partial charge on any atom is 0.434 e. The van der Waals surface area contributed by atoms with Crippen LogP contribution in [0, 0.1) is 24.4 Å². The topological polar surface area (TPSA) is 117 Å². The predicted octanol–water partition coefficient (Wildman–Crippen LogP) is 7.60. The van der Waals surface area contributed by atoms with Crippen molar-refractivity contribution in [3.05, 3.63) is 116 Å². The molecule has 13 heteroatoms. The van der Waals surface area contributed by atoms with Gasteiger partial charge in [0.15, 0.2) is 11.6 Å². The summed E-state index contributed by atoms with van der Waals surface area (Å²) in [7, 11) is 0. The second-order valence-electron chi connectivity index (χ2n) is 13.1. The number of amides is 1. The van der Waals surface area contributed by atoms with Gasteiger partial charge in [-0.25, -0.2) is 28.0 Å². The number of hydrogen-bond donors (Lipinski definition) is 2. The summed E-state index contributed by atoms with van der Waals surface area (Å²) >= 11 is 1.44. The lowest BCUT2D eigenvalue weighted by atomic mass is 9.93. The van der Waals surface area contributed by atoms with Crippen molar-refractivity contribution >= 4 is 33.1 Å². The van der Waals surface area contributed by atoms with Gasteiger partial charge in [0.1, 0.15) is 11.6 Å². The number of hydrogen-bond acceptors (Lipinski definition) is 8. The number of aromatic nitrogens is 4. The van der Waals surface area contributed by atoms with Crippen LogP contribution >= 0.6 is 11.3 Å². The summed E-state index contributed by atoms with van der Waals surface area (Å²) in [6.07, 6.45) is 3.85. The number of rotatable bonds is 7. The number of H-pyrrole nitrogens is 1. The highest BCUT2D eigenvalue weighted by Crippen LogP contribution is 2.50. The van der Waals surface area contributed by atoms with Crippen LogP contribution in [0.1, 0.15) is 75.5 Å². The highest BCUT2D eigenvalue weighted by atomic mass is 32.1. The van der Waals surface area contributed by atoms with E-state index in [9.17, 15) is 22.8 Å². The van der Waals surface area contributed by atoms with Crippen molar-refractivity contribution in [1.29, 1.82) is 0 Å². The molecule has 50 heavy (non-hydrogen) atoms. The molecule has 2 unspecified atom stereocenters. The number of benzene rings is 2. The standard InChI is InChI=1S/C37H29F3N6O3S/c1-17-13-20-15-28(50-33(20)34(41-17)43-25-11-7-19-14-23(39)24(40)16-22(19)25)30-29(35-44-45-37(48)49-35)26(10-6-18-4-8-21(38)9-5-18)42-32-27-3-2-12-46(27)36(47)31(30)32/h4-5,8-9,13-16,25,27H,2-3,6-7,10-12H2,1H3,(H,41,43)(H,45,48). The smallest absolute Gasteiger partial charge is 0.388 e. The van der Waals surface area contributed by atoms with Crippen LogP contribution in [0.2, 0.25) is 0 Å². The van der Waals surface area contributed by atoms with Crippen molar-refractivity contribution in [2.24, 2.45) is 0 Å². The van der Waals surface area contributed by atoms with E-state index in [1.165, 1.54) is 35.6 Å². The molecule has 2 N–H and O–H groups in total. The van der Waals surface area contributed by atoms with Crippen LogP contribution in [0.25, 0.3) is 32.0 Å². The normalized spacial score (nSPS) is 17.8. The Morgan fingerprint density at radius 3 is 2.60 bits per heavy atom. The Kier molecular flexibility index (Phi) is 7.16. The first-order valence-corrected chi connectivity index (χ1v) is 17.4. The third-order valence-electron chi connectivity index (χ3n) is 10.0. The molecule has 6 heterocycles. The quantitative estimate of drug-likeness (QED) is 0.177. The molecule has 2 aromatic carbocycles. The van der Waals surface area contributed by atoms with Crippen LogP contribution in [0.15, 0.2) is 57.7 Å². The zero-order valence-electron chi connectivity index (χ0n) is 26.8. The number of aromatic amines is 1. The molecule has 6 aromatic rings. The van der Waals surface area contributed by atoms with Crippen molar-refractivity contribution < 1.29 is 22.4 Å². The maximum absolute atomic E-state index is 14.3. The summed E-state index contributed by atoms with van der Waals surface area (Å²) in [5.41, 5.74) is 5.94. The lowest BCUT2D eigenvalue weighted by molar-refractivity contribution is 0.0776. The minimum absolute atomic E-state index is 0.0243. The van der Waals surface area contributed by atoms with Gasteiger partial charge >= 0.3 is 5.76 Å². The van der Waals surface area contributed by atoms with Crippen LogP contribution in [-0.4, -0.2) is 37.5 Å². The number of carbonyl (C=O) groups excluding carboxylic acids is 1. The number of fused-ring (bicyclic) bond motifs is 5. The number of nitrogens with one attached hydrogen (secondary N) is 2. The molecule has 252 valence electrons. The Hall–Kier alpha value is -5.30. The molecular formula is C37H29F3N6O3S. The van der Waals surface area contributed by atoms with Crippen LogP contribution in [-0.2, 0) is 19.3 Å². The van der Waals surface area contributed by atoms with Crippen LogP contribution < -0.4 is 11.1 Å². The highest BCUT2D eigenvalue weighted by Gasteiger charge is 2.45. The number of carbonyl (C=O) groups is 1. The fraction of sp³-hybridized carbons (Fsp3) is 0.270. The SMILES string of the molecule is Cc1cc2cc(-c3c4c(nc(CCc5ccc(F)cc5)c3-c3n[nH]c(=O)o3)C3CCCN3C4=O)sc2c(NC2CCc3cc(F)c(F)cc32)n1. The Morgan fingerprint density at radius 2 is 1.80 bits per heavy atom. The molecule has 0 radical (unpaired) electrons. The fourth-order valence-electron chi connectivity index (χ4n) is 7.78. The third kappa shape index (κ3) is 5.01. The zero-order valence-corrected chi connectivity index (χ0v) is 27.6. The van der Waals surface area contributed by atoms with Gasteiger partial charge in [-0.15, -0.1) is 16.4 Å². The molecule has 2 aliphatic heterocycles. The second-order valence-corrected chi connectivity index (χ2v) is 14.2. The monoisotopic (exact) mass is 694 g/mol. The molecule has 4 aromatic heterocycles. The summed E-state index contributed by atoms with van der Waals surface area (Å²) < 4.78 is 48.4. The lowest BCUT2D eigenvalue weighted by Gasteiger charge is -2.16. The van der Waals surface area contributed by atoms with Gasteiger partial charge in [-0.2, -0.15) is 0 Å². The van der Waals surface area contributed by atoms with Crippen molar-refractivity contribution in [3.63, 3.8) is 0 Å². The minimum Gasteiger partial charge on any atom is -0.388 e. The number of aryl methyl sites for hydroxylation is 4. The van der Waals surface area contributed by atoms with Crippen LogP contribution in [0.4, 0.5) is 19.0 Å². The summed E-state index contributed by atoms with van der Waals surface area (Å²) in [5.74, 6) is -2.31. The van der Waals surface area contributed by atoms with Crippen molar-refractivity contribution in [2.45, 2.75) is 57.5 Å². The second kappa shape index (κ2) is 11.7. The van der Waals surface area contributed by atoms with Crippen molar-refractivity contribution in [2.75, 3.05) is 11.9 Å². The van der Waals surface area contributed by atoms with E-state index in [-0.39, 0.29) is 29.7 Å². The van der Waals surface area contributed by atoms with Crippen LogP contribution in [0.3, 0.4) is 0 Å². The van der Waals surface area contributed by atoms with Crippen molar-refractivity contribution in [3.8, 4) is 21.9 Å². The minimum atomic E-state index is -0.886. The van der Waals surface area contributed by atoms with E-state index < -0.39 is 17.4 Å². The first-order valence-electron chi connectivity index (χ1n) is 16.6. The van der Waals surface area contributed by atoms with Gasteiger partial charge in [0.25, 0.3) is 11.8 Å². The van der Waals surface area contributed by atoms with E-state index in [1.54, 1.807) is 12.1 Å². The highest BCUT2D eigenvalue weighted by molar-refractivity contribution is 7.23. The van der Waals surface area contributed by atoms with E-state index in [0.717, 1.165) is 44.6 Å². The number of thiophene rings is 1. The molecule has 1 amide bonds. The van der Waals surface area contributed by atoms with Crippen LogP contribution in [0.5, 0.6) is 0 Å². The molecular weight excluding hydrogens is 666 g/mol. The van der Waals surface area contributed by atoms with Crippen molar-refractivity contribution in [1.82, 2.24) is 25.1 Å². The molecule has 0 bridgehead atoms. The number of anilines is 1. The molecule has 1 saturated heterocycles. The number of halogens is 3. The van der Waals surface area contributed by atoms with E-state index >= 15 is 0 Å². The summed E-state index contributed by atoms with van der Waals surface area (Å²) in [6, 6.07) is 12.3. The summed E-state index contributed by atoms with van der Waals surface area (Å²) in [6.45, 7) is 2.51. The molecule has 9 nitrogen and oxygen atoms in total. The molecule has 0 saturated carbocycles. The largest absolute Gasteiger partial charge is 0.434 e.